The first-order chi connectivity index (χ1) is 11.8. The lowest BCUT2D eigenvalue weighted by Gasteiger charge is -2.20. The lowest BCUT2D eigenvalue weighted by atomic mass is 10.2. The molecule has 24 heavy (non-hydrogen) atoms. The van der Waals surface area contributed by atoms with Gasteiger partial charge in [0, 0.05) is 5.92 Å². The maximum atomic E-state index is 12.1. The van der Waals surface area contributed by atoms with Gasteiger partial charge in [0.1, 0.15) is 10.5 Å². The summed E-state index contributed by atoms with van der Waals surface area (Å²) in [5, 5.41) is 6.09. The van der Waals surface area contributed by atoms with Gasteiger partial charge in [0.2, 0.25) is 5.89 Å². The summed E-state index contributed by atoms with van der Waals surface area (Å²) in [6, 6.07) is 2.03. The van der Waals surface area contributed by atoms with Crippen LogP contribution in [0.3, 0.4) is 0 Å². The predicted octanol–water partition coefficient (Wildman–Crippen LogP) is 2.58. The quantitative estimate of drug-likeness (QED) is 0.783. The second-order valence-electron chi connectivity index (χ2n) is 6.54. The molecule has 2 aliphatic rings. The van der Waals surface area contributed by atoms with Crippen molar-refractivity contribution in [3.63, 3.8) is 0 Å². The number of likely N-dealkylation sites (tertiary alicyclic amines) is 1. The second-order valence-corrected chi connectivity index (χ2v) is 7.46. The molecule has 4 heterocycles. The van der Waals surface area contributed by atoms with E-state index in [1.54, 1.807) is 0 Å². The van der Waals surface area contributed by atoms with E-state index < -0.39 is 0 Å². The summed E-state index contributed by atoms with van der Waals surface area (Å²) >= 11 is 1.42. The fraction of sp³-hybridized carbons (Fsp3) is 0.500. The molecular formula is C16H17N5O2S. The molecule has 0 spiro atoms. The highest BCUT2D eigenvalue weighted by molar-refractivity contribution is 7.17. The highest BCUT2D eigenvalue weighted by atomic mass is 32.1. The molecule has 0 radical (unpaired) electrons. The van der Waals surface area contributed by atoms with E-state index in [4.69, 9.17) is 4.52 Å². The van der Waals surface area contributed by atoms with Gasteiger partial charge >= 0.3 is 0 Å². The summed E-state index contributed by atoms with van der Waals surface area (Å²) in [4.78, 5) is 26.5. The Morgan fingerprint density at radius 3 is 3.12 bits per heavy atom. The molecule has 1 aliphatic carbocycles. The third-order valence-corrected chi connectivity index (χ3v) is 5.66. The average molecular weight is 343 g/mol. The van der Waals surface area contributed by atoms with E-state index in [2.05, 4.69) is 25.0 Å². The zero-order chi connectivity index (χ0) is 16.1. The smallest absolute Gasteiger partial charge is 0.268 e. The van der Waals surface area contributed by atoms with Crippen LogP contribution in [0.4, 0.5) is 0 Å². The van der Waals surface area contributed by atoms with Crippen LogP contribution in [-0.4, -0.2) is 31.6 Å². The number of thiophene rings is 1. The van der Waals surface area contributed by atoms with Crippen LogP contribution in [0, 0.1) is 0 Å². The molecule has 2 fully saturated rings. The minimum Gasteiger partial charge on any atom is -0.339 e. The Kier molecular flexibility index (Phi) is 3.27. The summed E-state index contributed by atoms with van der Waals surface area (Å²) in [5.41, 5.74) is 0.710. The Morgan fingerprint density at radius 2 is 2.25 bits per heavy atom. The van der Waals surface area contributed by atoms with Gasteiger partial charge in [-0.2, -0.15) is 4.98 Å². The molecule has 1 aliphatic heterocycles. The van der Waals surface area contributed by atoms with Crippen LogP contribution in [0.25, 0.3) is 10.2 Å². The van der Waals surface area contributed by atoms with Gasteiger partial charge in [0.05, 0.1) is 18.1 Å². The first kappa shape index (κ1) is 14.3. The maximum Gasteiger partial charge on any atom is 0.268 e. The summed E-state index contributed by atoms with van der Waals surface area (Å²) in [7, 11) is 0. The molecule has 3 aromatic heterocycles. The van der Waals surface area contributed by atoms with Crippen molar-refractivity contribution in [2.45, 2.75) is 44.2 Å². The van der Waals surface area contributed by atoms with Crippen LogP contribution < -0.4 is 5.56 Å². The van der Waals surface area contributed by atoms with Gasteiger partial charge in [0.25, 0.3) is 5.56 Å². The van der Waals surface area contributed by atoms with Gasteiger partial charge in [-0.25, -0.2) is 4.98 Å². The molecule has 1 saturated heterocycles. The number of rotatable bonds is 4. The van der Waals surface area contributed by atoms with E-state index in [0.29, 0.717) is 23.0 Å². The molecule has 8 heteroatoms. The SMILES string of the molecule is O=c1[nH]c(CN2CCCC2c2noc(C3CC3)n2)nc2ccsc12. The molecule has 1 unspecified atom stereocenters. The normalized spacial score (nSPS) is 21.8. The van der Waals surface area contributed by atoms with Crippen molar-refractivity contribution in [2.75, 3.05) is 6.54 Å². The number of hydrogen-bond donors (Lipinski definition) is 1. The molecular weight excluding hydrogens is 326 g/mol. The van der Waals surface area contributed by atoms with Crippen LogP contribution in [-0.2, 0) is 6.54 Å². The number of hydrogen-bond acceptors (Lipinski definition) is 7. The number of fused-ring (bicyclic) bond motifs is 1. The van der Waals surface area contributed by atoms with Gasteiger partial charge in [-0.15, -0.1) is 11.3 Å². The average Bonchev–Trinajstić information content (AvgIpc) is 3.00. The number of aromatic amines is 1. The van der Waals surface area contributed by atoms with Crippen molar-refractivity contribution in [2.24, 2.45) is 0 Å². The topological polar surface area (TPSA) is 87.9 Å². The van der Waals surface area contributed by atoms with Crippen LogP contribution >= 0.6 is 11.3 Å². The Labute approximate surface area is 141 Å². The maximum absolute atomic E-state index is 12.1. The van der Waals surface area contributed by atoms with E-state index in [1.807, 2.05) is 11.4 Å². The molecule has 1 N–H and O–H groups in total. The first-order valence-electron chi connectivity index (χ1n) is 8.32. The molecule has 7 nitrogen and oxygen atoms in total. The zero-order valence-corrected chi connectivity index (χ0v) is 13.9. The van der Waals surface area contributed by atoms with Gasteiger partial charge in [-0.1, -0.05) is 5.16 Å². The molecule has 1 saturated carbocycles. The Balaban J connectivity index is 1.40. The molecule has 0 amide bonds. The molecule has 124 valence electrons. The highest BCUT2D eigenvalue weighted by Crippen LogP contribution is 2.40. The van der Waals surface area contributed by atoms with Crippen LogP contribution in [0.2, 0.25) is 0 Å². The Bertz CT molecular complexity index is 941. The third kappa shape index (κ3) is 2.46. The van der Waals surface area contributed by atoms with Gasteiger partial charge < -0.3 is 9.51 Å². The number of H-pyrrole nitrogens is 1. The fourth-order valence-electron chi connectivity index (χ4n) is 3.38. The van der Waals surface area contributed by atoms with Crippen LogP contribution in [0.15, 0.2) is 20.8 Å². The monoisotopic (exact) mass is 343 g/mol. The van der Waals surface area contributed by atoms with E-state index in [9.17, 15) is 4.79 Å². The Hall–Kier alpha value is -2.06. The minimum atomic E-state index is -0.0590. The number of nitrogens with one attached hydrogen (secondary N) is 1. The number of nitrogens with zero attached hydrogens (tertiary/aromatic N) is 4. The van der Waals surface area contributed by atoms with Gasteiger partial charge in [-0.05, 0) is 43.7 Å². The predicted molar refractivity (Wildman–Crippen MR) is 88.9 cm³/mol. The van der Waals surface area contributed by atoms with E-state index >= 15 is 0 Å². The molecule has 3 aromatic rings. The van der Waals surface area contributed by atoms with Crippen LogP contribution in [0.1, 0.15) is 55.2 Å². The van der Waals surface area contributed by atoms with E-state index in [1.165, 1.54) is 11.3 Å². The summed E-state index contributed by atoms with van der Waals surface area (Å²) in [5.74, 6) is 2.72. The summed E-state index contributed by atoms with van der Waals surface area (Å²) in [6.45, 7) is 1.54. The lowest BCUT2D eigenvalue weighted by molar-refractivity contribution is 0.228. The number of aromatic nitrogens is 4. The van der Waals surface area contributed by atoms with E-state index in [-0.39, 0.29) is 11.6 Å². The van der Waals surface area contributed by atoms with Crippen molar-refractivity contribution in [1.82, 2.24) is 25.0 Å². The van der Waals surface area contributed by atoms with Crippen molar-refractivity contribution < 1.29 is 4.52 Å². The van der Waals surface area contributed by atoms with Crippen molar-refractivity contribution in [1.29, 1.82) is 0 Å². The second kappa shape index (κ2) is 5.49. The largest absolute Gasteiger partial charge is 0.339 e. The third-order valence-electron chi connectivity index (χ3n) is 4.76. The lowest BCUT2D eigenvalue weighted by Crippen LogP contribution is -2.26. The molecule has 1 atom stereocenters. The van der Waals surface area contributed by atoms with Crippen molar-refractivity contribution in [3.8, 4) is 0 Å². The summed E-state index contributed by atoms with van der Waals surface area (Å²) in [6.07, 6.45) is 4.40. The Morgan fingerprint density at radius 1 is 1.33 bits per heavy atom. The van der Waals surface area contributed by atoms with Crippen molar-refractivity contribution >= 4 is 21.6 Å². The molecule has 0 bridgehead atoms. The highest BCUT2D eigenvalue weighted by Gasteiger charge is 2.34. The fourth-order valence-corrected chi connectivity index (χ4v) is 4.10. The molecule has 0 aromatic carbocycles. The van der Waals surface area contributed by atoms with Crippen LogP contribution in [0.5, 0.6) is 0 Å². The standard InChI is InChI=1S/C16H17N5O2S/c22-15-13-10(5-7-24-13)17-12(18-15)8-21-6-1-2-11(21)14-19-16(23-20-14)9-3-4-9/h5,7,9,11H,1-4,6,8H2,(H,17,18,22). The molecule has 5 rings (SSSR count). The van der Waals surface area contributed by atoms with Gasteiger partial charge in [-0.3, -0.25) is 9.69 Å². The zero-order valence-electron chi connectivity index (χ0n) is 13.1. The van der Waals surface area contributed by atoms with Crippen molar-refractivity contribution in [3.05, 3.63) is 39.3 Å². The minimum absolute atomic E-state index is 0.0590. The van der Waals surface area contributed by atoms with E-state index in [0.717, 1.165) is 49.5 Å². The summed E-state index contributed by atoms with van der Waals surface area (Å²) < 4.78 is 6.09. The van der Waals surface area contributed by atoms with Gasteiger partial charge in [0.15, 0.2) is 5.82 Å². The first-order valence-corrected chi connectivity index (χ1v) is 9.20.